The van der Waals surface area contributed by atoms with Crippen molar-refractivity contribution in [3.8, 4) is 5.75 Å². The number of hydrogen-bond acceptors (Lipinski definition) is 9. The molecule has 2 aliphatic rings. The third-order valence-corrected chi connectivity index (χ3v) is 6.72. The van der Waals surface area contributed by atoms with Crippen LogP contribution in [-0.4, -0.2) is 60.6 Å². The number of piperidine rings is 1. The number of nitrogens with one attached hydrogen (secondary N) is 1. The van der Waals surface area contributed by atoms with Crippen LogP contribution in [-0.2, 0) is 11.3 Å². The lowest BCUT2D eigenvalue weighted by Crippen LogP contribution is -2.38. The second-order valence-corrected chi connectivity index (χ2v) is 9.75. The zero-order valence-corrected chi connectivity index (χ0v) is 22.0. The summed E-state index contributed by atoms with van der Waals surface area (Å²) in [4.78, 5) is 18.3. The highest BCUT2D eigenvalue weighted by atomic mass is 79.9. The van der Waals surface area contributed by atoms with Gasteiger partial charge in [0.1, 0.15) is 18.2 Å². The summed E-state index contributed by atoms with van der Waals surface area (Å²) in [7, 11) is 0. The molecule has 0 aliphatic carbocycles. The minimum atomic E-state index is -0.299. The summed E-state index contributed by atoms with van der Waals surface area (Å²) in [5.41, 5.74) is 4.18. The maximum atomic E-state index is 14.0. The molecular weight excluding hydrogens is 541 g/mol. The summed E-state index contributed by atoms with van der Waals surface area (Å²) < 4.78 is 26.3. The predicted molar refractivity (Wildman–Crippen MR) is 145 cm³/mol. The number of hydrazone groups is 1. The van der Waals surface area contributed by atoms with Crippen molar-refractivity contribution in [1.82, 2.24) is 15.0 Å². The van der Waals surface area contributed by atoms with Crippen molar-refractivity contribution in [2.24, 2.45) is 5.10 Å². The minimum absolute atomic E-state index is 0.109. The molecule has 2 aromatic carbocycles. The van der Waals surface area contributed by atoms with Crippen molar-refractivity contribution < 1.29 is 13.9 Å². The lowest BCUT2D eigenvalue weighted by molar-refractivity contribution is 0.122. The number of ether oxygens (including phenoxy) is 2. The third kappa shape index (κ3) is 6.72. The first kappa shape index (κ1) is 25.3. The molecule has 194 valence electrons. The molecule has 0 spiro atoms. The number of nitrogens with zero attached hydrogens (tertiary/aromatic N) is 6. The van der Waals surface area contributed by atoms with Crippen LogP contribution in [0.15, 0.2) is 52.0 Å². The summed E-state index contributed by atoms with van der Waals surface area (Å²) >= 11 is 3.50. The van der Waals surface area contributed by atoms with Gasteiger partial charge in [0.2, 0.25) is 17.8 Å². The standard InChI is InChI=1S/C26H29BrFN7O2/c27-21-8-9-23(37-18-19-6-2-3-7-22(19)28)20(16-21)17-29-33-24-30-25(34-10-4-1-5-11-34)32-26(31-24)35-12-14-36-15-13-35/h2-3,6-9,16-17H,1,4-5,10-15,18H2,(H,30,31,32,33)/b29-17-. The van der Waals surface area contributed by atoms with Gasteiger partial charge in [0.25, 0.3) is 0 Å². The molecule has 3 heterocycles. The first-order chi connectivity index (χ1) is 18.2. The van der Waals surface area contributed by atoms with Crippen molar-refractivity contribution in [1.29, 1.82) is 0 Å². The molecule has 0 atom stereocenters. The largest absolute Gasteiger partial charge is 0.488 e. The minimum Gasteiger partial charge on any atom is -0.488 e. The van der Waals surface area contributed by atoms with E-state index in [1.807, 2.05) is 18.2 Å². The van der Waals surface area contributed by atoms with Crippen molar-refractivity contribution >= 4 is 40.0 Å². The summed E-state index contributed by atoms with van der Waals surface area (Å²) in [5, 5.41) is 4.39. The van der Waals surface area contributed by atoms with Gasteiger partial charge in [-0.15, -0.1) is 0 Å². The average Bonchev–Trinajstić information content (AvgIpc) is 2.94. The molecule has 2 saturated heterocycles. The van der Waals surface area contributed by atoms with Gasteiger partial charge in [-0.2, -0.15) is 20.1 Å². The molecule has 37 heavy (non-hydrogen) atoms. The van der Waals surface area contributed by atoms with Crippen molar-refractivity contribution in [2.45, 2.75) is 25.9 Å². The van der Waals surface area contributed by atoms with Gasteiger partial charge < -0.3 is 19.3 Å². The molecule has 3 aromatic rings. The molecule has 1 N–H and O–H groups in total. The fourth-order valence-corrected chi connectivity index (χ4v) is 4.60. The summed E-state index contributed by atoms with van der Waals surface area (Å²) in [6.07, 6.45) is 5.11. The first-order valence-corrected chi connectivity index (χ1v) is 13.2. The molecule has 0 amide bonds. The van der Waals surface area contributed by atoms with Crippen LogP contribution in [0.5, 0.6) is 5.75 Å². The molecule has 5 rings (SSSR count). The molecule has 0 bridgehead atoms. The second kappa shape index (κ2) is 12.3. The lowest BCUT2D eigenvalue weighted by Gasteiger charge is -2.30. The molecule has 0 unspecified atom stereocenters. The number of anilines is 3. The number of hydrogen-bond donors (Lipinski definition) is 1. The van der Waals surface area contributed by atoms with E-state index in [-0.39, 0.29) is 12.4 Å². The van der Waals surface area contributed by atoms with Crippen molar-refractivity contribution in [3.63, 3.8) is 0 Å². The summed E-state index contributed by atoms with van der Waals surface area (Å²) in [6, 6.07) is 12.1. The Labute approximate surface area is 223 Å². The zero-order valence-electron chi connectivity index (χ0n) is 20.4. The molecule has 2 aliphatic heterocycles. The van der Waals surface area contributed by atoms with Crippen LogP contribution >= 0.6 is 15.9 Å². The molecule has 0 saturated carbocycles. The van der Waals surface area contributed by atoms with Gasteiger partial charge in [-0.3, -0.25) is 0 Å². The monoisotopic (exact) mass is 569 g/mol. The molecule has 1 aromatic heterocycles. The molecular formula is C26H29BrFN7O2. The van der Waals surface area contributed by atoms with Crippen LogP contribution in [0.1, 0.15) is 30.4 Å². The molecule has 0 radical (unpaired) electrons. The quantitative estimate of drug-likeness (QED) is 0.310. The number of aromatic nitrogens is 3. The zero-order chi connectivity index (χ0) is 25.5. The predicted octanol–water partition coefficient (Wildman–Crippen LogP) is 4.63. The van der Waals surface area contributed by atoms with E-state index in [2.05, 4.69) is 46.2 Å². The smallest absolute Gasteiger partial charge is 0.250 e. The second-order valence-electron chi connectivity index (χ2n) is 8.84. The van der Waals surface area contributed by atoms with Gasteiger partial charge in [-0.05, 0) is 43.5 Å². The molecule has 11 heteroatoms. The highest BCUT2D eigenvalue weighted by Crippen LogP contribution is 2.24. The first-order valence-electron chi connectivity index (χ1n) is 12.4. The SMILES string of the molecule is Fc1ccccc1COc1ccc(Br)cc1/C=N\Nc1nc(N2CCCCC2)nc(N2CCOCC2)n1. The Hall–Kier alpha value is -3.31. The van der Waals surface area contributed by atoms with Crippen LogP contribution in [0.25, 0.3) is 0 Å². The average molecular weight is 570 g/mol. The highest BCUT2D eigenvalue weighted by molar-refractivity contribution is 9.10. The van der Waals surface area contributed by atoms with Crippen LogP contribution in [0.2, 0.25) is 0 Å². The number of morpholine rings is 1. The Morgan fingerprint density at radius 3 is 2.46 bits per heavy atom. The van der Waals surface area contributed by atoms with Gasteiger partial charge in [0, 0.05) is 41.8 Å². The molecule has 9 nitrogen and oxygen atoms in total. The number of rotatable bonds is 8. The normalized spacial score (nSPS) is 16.3. The van der Waals surface area contributed by atoms with Gasteiger partial charge >= 0.3 is 0 Å². The topological polar surface area (TPSA) is 88.0 Å². The Morgan fingerprint density at radius 2 is 1.70 bits per heavy atom. The van der Waals surface area contributed by atoms with Gasteiger partial charge in [-0.25, -0.2) is 9.82 Å². The Morgan fingerprint density at radius 1 is 0.973 bits per heavy atom. The maximum absolute atomic E-state index is 14.0. The highest BCUT2D eigenvalue weighted by Gasteiger charge is 2.20. The molecule has 2 fully saturated rings. The van der Waals surface area contributed by atoms with Crippen LogP contribution in [0.3, 0.4) is 0 Å². The fraction of sp³-hybridized carbons (Fsp3) is 0.385. The van der Waals surface area contributed by atoms with Crippen molar-refractivity contribution in [3.05, 3.63) is 63.9 Å². The maximum Gasteiger partial charge on any atom is 0.250 e. The van der Waals surface area contributed by atoms with E-state index in [0.29, 0.717) is 42.4 Å². The van der Waals surface area contributed by atoms with Crippen LogP contribution in [0.4, 0.5) is 22.2 Å². The Kier molecular flexibility index (Phi) is 8.42. The van der Waals surface area contributed by atoms with Crippen molar-refractivity contribution in [2.75, 3.05) is 54.6 Å². The van der Waals surface area contributed by atoms with Crippen LogP contribution < -0.4 is 20.0 Å². The van der Waals surface area contributed by atoms with Gasteiger partial charge in [-0.1, -0.05) is 34.1 Å². The van der Waals surface area contributed by atoms with E-state index in [4.69, 9.17) is 14.5 Å². The van der Waals surface area contributed by atoms with E-state index in [1.54, 1.807) is 24.4 Å². The summed E-state index contributed by atoms with van der Waals surface area (Å²) in [5.74, 6) is 1.93. The number of halogens is 2. The van der Waals surface area contributed by atoms with E-state index >= 15 is 0 Å². The summed E-state index contributed by atoms with van der Waals surface area (Å²) in [6.45, 7) is 4.71. The fourth-order valence-electron chi connectivity index (χ4n) is 4.23. The van der Waals surface area contributed by atoms with Gasteiger partial charge in [0.15, 0.2) is 0 Å². The number of benzene rings is 2. The Bertz CT molecular complexity index is 1200. The lowest BCUT2D eigenvalue weighted by atomic mass is 10.1. The van der Waals surface area contributed by atoms with E-state index < -0.39 is 0 Å². The Balaban J connectivity index is 1.34. The van der Waals surface area contributed by atoms with Crippen LogP contribution in [0, 0.1) is 5.82 Å². The third-order valence-electron chi connectivity index (χ3n) is 6.23. The van der Waals surface area contributed by atoms with E-state index in [9.17, 15) is 4.39 Å². The van der Waals surface area contributed by atoms with E-state index in [0.717, 1.165) is 49.1 Å². The van der Waals surface area contributed by atoms with Gasteiger partial charge in [0.05, 0.1) is 19.4 Å². The van der Waals surface area contributed by atoms with E-state index in [1.165, 1.54) is 12.5 Å².